The number of hydrogen-bond donors (Lipinski definition) is 2. The Bertz CT molecular complexity index is 1100. The van der Waals surface area contributed by atoms with Gasteiger partial charge in [-0.25, -0.2) is 4.68 Å². The summed E-state index contributed by atoms with van der Waals surface area (Å²) in [5.41, 5.74) is 6.40. The van der Waals surface area contributed by atoms with Gasteiger partial charge in [-0.15, -0.1) is 11.8 Å². The van der Waals surface area contributed by atoms with Crippen molar-refractivity contribution in [3.63, 3.8) is 0 Å². The van der Waals surface area contributed by atoms with Crippen LogP contribution in [0.4, 0.5) is 5.82 Å². The molecule has 5 nitrogen and oxygen atoms in total. The Balaban J connectivity index is 1.89. The molecule has 0 saturated carbocycles. The molecule has 6 heteroatoms. The van der Waals surface area contributed by atoms with Gasteiger partial charge in [-0.3, -0.25) is 4.98 Å². The van der Waals surface area contributed by atoms with Gasteiger partial charge in [0.2, 0.25) is 0 Å². The summed E-state index contributed by atoms with van der Waals surface area (Å²) in [6.07, 6.45) is 1.82. The van der Waals surface area contributed by atoms with Gasteiger partial charge in [0.1, 0.15) is 18.1 Å². The number of aryl methyl sites for hydroxylation is 2. The molecule has 1 aromatic carbocycles. The minimum Gasteiger partial charge on any atom is -0.384 e. The van der Waals surface area contributed by atoms with Crippen molar-refractivity contribution in [3.05, 3.63) is 64.8 Å². The first-order valence-electron chi connectivity index (χ1n) is 10.2. The van der Waals surface area contributed by atoms with Crippen LogP contribution in [0.25, 0.3) is 11.4 Å². The van der Waals surface area contributed by atoms with Crippen LogP contribution >= 0.6 is 11.8 Å². The van der Waals surface area contributed by atoms with Crippen LogP contribution in [-0.4, -0.2) is 38.3 Å². The number of fused-ring (bicyclic) bond motifs is 1. The molecule has 0 saturated heterocycles. The van der Waals surface area contributed by atoms with Gasteiger partial charge in [0.05, 0.1) is 10.9 Å². The third-order valence-corrected chi connectivity index (χ3v) is 6.73. The van der Waals surface area contributed by atoms with E-state index in [9.17, 15) is 0 Å². The van der Waals surface area contributed by atoms with Crippen molar-refractivity contribution >= 4 is 17.6 Å². The molecule has 0 bridgehead atoms. The van der Waals surface area contributed by atoms with Crippen molar-refractivity contribution in [2.75, 3.05) is 17.7 Å². The molecule has 2 atom stereocenters. The highest BCUT2D eigenvalue weighted by molar-refractivity contribution is 7.99. The van der Waals surface area contributed by atoms with Crippen LogP contribution in [0.2, 0.25) is 0 Å². The summed E-state index contributed by atoms with van der Waals surface area (Å²) < 4.78 is 2.06. The van der Waals surface area contributed by atoms with Crippen molar-refractivity contribution in [2.45, 2.75) is 38.6 Å². The summed E-state index contributed by atoms with van der Waals surface area (Å²) in [5.74, 6) is 7.82. The first kappa shape index (κ1) is 20.5. The lowest BCUT2D eigenvalue weighted by molar-refractivity contribution is 0.350. The van der Waals surface area contributed by atoms with Crippen LogP contribution in [0.1, 0.15) is 41.4 Å². The van der Waals surface area contributed by atoms with Crippen molar-refractivity contribution < 1.29 is 5.11 Å². The molecular weight excluding hydrogens is 392 g/mol. The molecule has 30 heavy (non-hydrogen) atoms. The Kier molecular flexibility index (Phi) is 6.12. The first-order valence-corrected chi connectivity index (χ1v) is 11.3. The lowest BCUT2D eigenvalue weighted by Crippen LogP contribution is -2.19. The molecule has 0 fully saturated rings. The normalized spacial score (nSPS) is 18.0. The average Bonchev–Trinajstić information content (AvgIpc) is 3.03. The van der Waals surface area contributed by atoms with E-state index in [1.807, 2.05) is 42.2 Å². The summed E-state index contributed by atoms with van der Waals surface area (Å²) in [6.45, 7) is 7.13. The van der Waals surface area contributed by atoms with Crippen molar-refractivity contribution in [1.29, 1.82) is 0 Å². The minimum atomic E-state index is -0.129. The number of anilines is 1. The largest absolute Gasteiger partial charge is 0.384 e. The standard InChI is InChI=1S/C24H26N4OS/c1-4-28-24-21(22(27-28)20-9-5-6-12-25-20)23(30-15-17(3)26-24)19-11-10-18(8-7-13-29)14-16(19)2/h5-6,9-12,14,17,23,26,29H,4,13,15H2,1-3H3/t17-,23+/m0/s1. The smallest absolute Gasteiger partial charge is 0.129 e. The minimum absolute atomic E-state index is 0.129. The monoisotopic (exact) mass is 418 g/mol. The lowest BCUT2D eigenvalue weighted by atomic mass is 9.96. The maximum Gasteiger partial charge on any atom is 0.129 e. The molecule has 0 amide bonds. The van der Waals surface area contributed by atoms with Crippen LogP contribution in [-0.2, 0) is 6.54 Å². The number of nitrogens with one attached hydrogen (secondary N) is 1. The van der Waals surface area contributed by atoms with Gasteiger partial charge in [0.25, 0.3) is 0 Å². The SMILES string of the molecule is CCn1nc(-c2ccccn2)c2c1N[C@@H](C)CS[C@@H]2c1ccc(C#CCO)cc1C. The van der Waals surface area contributed by atoms with E-state index in [4.69, 9.17) is 10.2 Å². The summed E-state index contributed by atoms with van der Waals surface area (Å²) in [7, 11) is 0. The quantitative estimate of drug-likeness (QED) is 0.623. The van der Waals surface area contributed by atoms with E-state index < -0.39 is 0 Å². The topological polar surface area (TPSA) is 63.0 Å². The molecule has 2 aromatic heterocycles. The molecule has 3 aromatic rings. The zero-order chi connectivity index (χ0) is 21.1. The second kappa shape index (κ2) is 8.95. The van der Waals surface area contributed by atoms with Crippen molar-refractivity contribution in [3.8, 4) is 23.2 Å². The van der Waals surface area contributed by atoms with E-state index in [-0.39, 0.29) is 11.9 Å². The van der Waals surface area contributed by atoms with Gasteiger partial charge in [-0.2, -0.15) is 5.10 Å². The maximum absolute atomic E-state index is 8.99. The van der Waals surface area contributed by atoms with E-state index in [0.29, 0.717) is 6.04 Å². The molecule has 0 radical (unpaired) electrons. The zero-order valence-electron chi connectivity index (χ0n) is 17.5. The summed E-state index contributed by atoms with van der Waals surface area (Å²) in [5, 5.41) is 17.8. The molecule has 0 spiro atoms. The van der Waals surface area contributed by atoms with E-state index >= 15 is 0 Å². The second-order valence-corrected chi connectivity index (χ2v) is 8.57. The number of aliphatic hydroxyl groups excluding tert-OH is 1. The number of rotatable bonds is 3. The average molecular weight is 419 g/mol. The van der Waals surface area contributed by atoms with Crippen molar-refractivity contribution in [2.24, 2.45) is 0 Å². The molecule has 2 N–H and O–H groups in total. The fraction of sp³-hybridized carbons (Fsp3) is 0.333. The van der Waals surface area contributed by atoms with Gasteiger partial charge >= 0.3 is 0 Å². The number of thioether (sulfide) groups is 1. The van der Waals surface area contributed by atoms with E-state index in [1.165, 1.54) is 16.7 Å². The highest BCUT2D eigenvalue weighted by Gasteiger charge is 2.32. The fourth-order valence-electron chi connectivity index (χ4n) is 3.83. The molecular formula is C24H26N4OS. The van der Waals surface area contributed by atoms with Gasteiger partial charge in [0.15, 0.2) is 0 Å². The molecule has 0 aliphatic carbocycles. The highest BCUT2D eigenvalue weighted by atomic mass is 32.2. The fourth-order valence-corrected chi connectivity index (χ4v) is 5.23. The first-order chi connectivity index (χ1) is 14.6. The Labute approximate surface area is 181 Å². The molecule has 1 aliphatic rings. The lowest BCUT2D eigenvalue weighted by Gasteiger charge is -2.19. The van der Waals surface area contributed by atoms with Gasteiger partial charge in [0, 0.05) is 35.7 Å². The Hall–Kier alpha value is -2.75. The molecule has 4 rings (SSSR count). The predicted molar refractivity (Wildman–Crippen MR) is 124 cm³/mol. The van der Waals surface area contributed by atoms with Crippen LogP contribution in [0, 0.1) is 18.8 Å². The van der Waals surface area contributed by atoms with Gasteiger partial charge < -0.3 is 10.4 Å². The number of pyridine rings is 1. The Morgan fingerprint density at radius 1 is 1.30 bits per heavy atom. The van der Waals surface area contributed by atoms with Gasteiger partial charge in [-0.1, -0.05) is 24.0 Å². The number of benzene rings is 1. The predicted octanol–water partition coefficient (Wildman–Crippen LogP) is 4.25. The number of nitrogens with zero attached hydrogens (tertiary/aromatic N) is 3. The second-order valence-electron chi connectivity index (χ2n) is 7.43. The van der Waals surface area contributed by atoms with E-state index in [0.717, 1.165) is 35.1 Å². The molecule has 3 heterocycles. The van der Waals surface area contributed by atoms with Crippen LogP contribution in [0.3, 0.4) is 0 Å². The van der Waals surface area contributed by atoms with Gasteiger partial charge in [-0.05, 0) is 56.2 Å². The number of aliphatic hydroxyl groups is 1. The van der Waals surface area contributed by atoms with E-state index in [1.54, 1.807) is 0 Å². The third kappa shape index (κ3) is 3.96. The highest BCUT2D eigenvalue weighted by Crippen LogP contribution is 2.47. The molecule has 154 valence electrons. The number of aromatic nitrogens is 3. The van der Waals surface area contributed by atoms with Crippen LogP contribution < -0.4 is 5.32 Å². The van der Waals surface area contributed by atoms with E-state index in [2.05, 4.69) is 59.7 Å². The Morgan fingerprint density at radius 3 is 2.87 bits per heavy atom. The Morgan fingerprint density at radius 2 is 2.17 bits per heavy atom. The van der Waals surface area contributed by atoms with Crippen LogP contribution in [0.15, 0.2) is 42.6 Å². The third-order valence-electron chi connectivity index (χ3n) is 5.22. The molecule has 1 aliphatic heterocycles. The zero-order valence-corrected chi connectivity index (χ0v) is 18.3. The molecule has 0 unspecified atom stereocenters. The van der Waals surface area contributed by atoms with Crippen molar-refractivity contribution in [1.82, 2.24) is 14.8 Å². The van der Waals surface area contributed by atoms with Crippen LogP contribution in [0.5, 0.6) is 0 Å². The summed E-state index contributed by atoms with van der Waals surface area (Å²) in [4.78, 5) is 4.60. The number of hydrogen-bond acceptors (Lipinski definition) is 5. The summed E-state index contributed by atoms with van der Waals surface area (Å²) >= 11 is 1.94. The maximum atomic E-state index is 8.99. The summed E-state index contributed by atoms with van der Waals surface area (Å²) in [6, 6.07) is 12.6.